The molecule has 1 aromatic heterocycles. The van der Waals surface area contributed by atoms with E-state index >= 15 is 0 Å². The van der Waals surface area contributed by atoms with Crippen LogP contribution in [0.2, 0.25) is 0 Å². The molecule has 4 nitrogen and oxygen atoms in total. The molecule has 1 aromatic rings. The summed E-state index contributed by atoms with van der Waals surface area (Å²) in [5, 5.41) is 12.7. The lowest BCUT2D eigenvalue weighted by Crippen LogP contribution is -2.27. The Bertz CT molecular complexity index is 304. The van der Waals surface area contributed by atoms with E-state index in [0.717, 1.165) is 18.8 Å². The van der Waals surface area contributed by atoms with Gasteiger partial charge in [0.1, 0.15) is 12.4 Å². The minimum Gasteiger partial charge on any atom is -0.489 e. The van der Waals surface area contributed by atoms with E-state index in [1.165, 1.54) is 0 Å². The maximum atomic E-state index is 9.49. The highest BCUT2D eigenvalue weighted by Crippen LogP contribution is 2.11. The molecule has 0 aliphatic heterocycles. The second-order valence-electron chi connectivity index (χ2n) is 4.37. The van der Waals surface area contributed by atoms with Gasteiger partial charge in [-0.25, -0.2) is 0 Å². The Kier molecular flexibility index (Phi) is 4.71. The second-order valence-corrected chi connectivity index (χ2v) is 4.37. The zero-order valence-corrected chi connectivity index (χ0v) is 10.2. The predicted octanol–water partition coefficient (Wildman–Crippen LogP) is 1.34. The third kappa shape index (κ3) is 5.09. The quantitative estimate of drug-likeness (QED) is 0.765. The average Bonchev–Trinajstić information content (AvgIpc) is 2.24. The van der Waals surface area contributed by atoms with Gasteiger partial charge in [0.25, 0.3) is 0 Å². The molecule has 0 saturated carbocycles. The molecule has 0 spiro atoms. The van der Waals surface area contributed by atoms with Gasteiger partial charge in [0.15, 0.2) is 0 Å². The highest BCUT2D eigenvalue weighted by molar-refractivity contribution is 5.19. The summed E-state index contributed by atoms with van der Waals surface area (Å²) in [6.45, 7) is 7.43. The van der Waals surface area contributed by atoms with Crippen LogP contribution in [-0.4, -0.2) is 28.8 Å². The first-order chi connectivity index (χ1) is 7.51. The first kappa shape index (κ1) is 12.9. The summed E-state index contributed by atoms with van der Waals surface area (Å²) in [5.41, 5.74) is 0.167. The fraction of sp³-hybridized carbons (Fsp3) is 0.583. The third-order valence-corrected chi connectivity index (χ3v) is 1.95. The fourth-order valence-corrected chi connectivity index (χ4v) is 1.11. The molecule has 16 heavy (non-hydrogen) atoms. The van der Waals surface area contributed by atoms with Crippen molar-refractivity contribution < 1.29 is 9.84 Å². The van der Waals surface area contributed by atoms with E-state index in [2.05, 4.69) is 17.2 Å². The van der Waals surface area contributed by atoms with Crippen LogP contribution in [0, 0.1) is 0 Å². The first-order valence-electron chi connectivity index (χ1n) is 5.52. The monoisotopic (exact) mass is 224 g/mol. The van der Waals surface area contributed by atoms with Gasteiger partial charge in [-0.15, -0.1) is 0 Å². The molecule has 0 unspecified atom stereocenters. The summed E-state index contributed by atoms with van der Waals surface area (Å²) in [5.74, 6) is 0.683. The molecular formula is C12H20N2O2. The van der Waals surface area contributed by atoms with Crippen LogP contribution in [0.5, 0.6) is 5.75 Å². The van der Waals surface area contributed by atoms with E-state index in [9.17, 15) is 5.11 Å². The van der Waals surface area contributed by atoms with E-state index in [-0.39, 0.29) is 6.61 Å². The van der Waals surface area contributed by atoms with E-state index < -0.39 is 5.60 Å². The van der Waals surface area contributed by atoms with Gasteiger partial charge >= 0.3 is 0 Å². The maximum absolute atomic E-state index is 9.49. The Hall–Kier alpha value is -1.13. The summed E-state index contributed by atoms with van der Waals surface area (Å²) in [6.07, 6.45) is 1.68. The Morgan fingerprint density at radius 1 is 1.44 bits per heavy atom. The minimum absolute atomic E-state index is 0.265. The molecule has 1 heterocycles. The summed E-state index contributed by atoms with van der Waals surface area (Å²) >= 11 is 0. The van der Waals surface area contributed by atoms with Crippen molar-refractivity contribution in [1.82, 2.24) is 10.3 Å². The Balaban J connectivity index is 2.45. The van der Waals surface area contributed by atoms with E-state index in [0.29, 0.717) is 5.75 Å². The zero-order valence-electron chi connectivity index (χ0n) is 10.2. The number of hydrogen-bond donors (Lipinski definition) is 2. The van der Waals surface area contributed by atoms with Crippen molar-refractivity contribution in [3.8, 4) is 5.75 Å². The van der Waals surface area contributed by atoms with Gasteiger partial charge in [-0.1, -0.05) is 6.92 Å². The number of pyridine rings is 1. The lowest BCUT2D eigenvalue weighted by Gasteiger charge is -2.17. The molecule has 0 bridgehead atoms. The summed E-state index contributed by atoms with van der Waals surface area (Å²) in [4.78, 5) is 4.25. The van der Waals surface area contributed by atoms with Crippen LogP contribution in [0.15, 0.2) is 18.3 Å². The molecular weight excluding hydrogens is 204 g/mol. The van der Waals surface area contributed by atoms with Gasteiger partial charge in [-0.05, 0) is 32.5 Å². The highest BCUT2D eigenvalue weighted by atomic mass is 16.5. The summed E-state index contributed by atoms with van der Waals surface area (Å²) in [6, 6.07) is 3.79. The van der Waals surface area contributed by atoms with Crippen LogP contribution in [0.25, 0.3) is 0 Å². The fourth-order valence-electron chi connectivity index (χ4n) is 1.11. The molecule has 0 aliphatic carbocycles. The molecule has 0 fully saturated rings. The predicted molar refractivity (Wildman–Crippen MR) is 63.4 cm³/mol. The van der Waals surface area contributed by atoms with Crippen LogP contribution >= 0.6 is 0 Å². The van der Waals surface area contributed by atoms with Crippen molar-refractivity contribution in [2.24, 2.45) is 0 Å². The number of aromatic nitrogens is 1. The van der Waals surface area contributed by atoms with E-state index in [1.54, 1.807) is 20.0 Å². The SMILES string of the molecule is CCNCc1ccc(OCC(C)(C)O)cn1. The topological polar surface area (TPSA) is 54.4 Å². The van der Waals surface area contributed by atoms with Crippen LogP contribution in [0.4, 0.5) is 0 Å². The molecule has 1 rings (SSSR count). The number of ether oxygens (including phenoxy) is 1. The molecule has 0 radical (unpaired) electrons. The van der Waals surface area contributed by atoms with E-state index in [1.807, 2.05) is 12.1 Å². The normalized spacial score (nSPS) is 11.5. The zero-order chi connectivity index (χ0) is 12.0. The largest absolute Gasteiger partial charge is 0.489 e. The van der Waals surface area contributed by atoms with Gasteiger partial charge in [-0.2, -0.15) is 0 Å². The number of rotatable bonds is 6. The molecule has 0 atom stereocenters. The molecule has 0 amide bonds. The Morgan fingerprint density at radius 2 is 2.19 bits per heavy atom. The smallest absolute Gasteiger partial charge is 0.137 e. The lowest BCUT2D eigenvalue weighted by molar-refractivity contribution is 0.0283. The van der Waals surface area contributed by atoms with Gasteiger partial charge in [0.2, 0.25) is 0 Å². The summed E-state index contributed by atoms with van der Waals surface area (Å²) < 4.78 is 5.40. The van der Waals surface area contributed by atoms with Crippen LogP contribution in [-0.2, 0) is 6.54 Å². The third-order valence-electron chi connectivity index (χ3n) is 1.95. The van der Waals surface area contributed by atoms with Crippen LogP contribution in [0.1, 0.15) is 26.5 Å². The van der Waals surface area contributed by atoms with Crippen molar-refractivity contribution >= 4 is 0 Å². The molecule has 2 N–H and O–H groups in total. The van der Waals surface area contributed by atoms with Crippen molar-refractivity contribution in [2.45, 2.75) is 32.9 Å². The molecule has 4 heteroatoms. The number of hydrogen-bond acceptors (Lipinski definition) is 4. The van der Waals surface area contributed by atoms with Crippen LogP contribution in [0.3, 0.4) is 0 Å². The molecule has 0 aromatic carbocycles. The highest BCUT2D eigenvalue weighted by Gasteiger charge is 2.13. The first-order valence-corrected chi connectivity index (χ1v) is 5.52. The van der Waals surface area contributed by atoms with E-state index in [4.69, 9.17) is 4.74 Å². The van der Waals surface area contributed by atoms with Crippen LogP contribution < -0.4 is 10.1 Å². The maximum Gasteiger partial charge on any atom is 0.137 e. The lowest BCUT2D eigenvalue weighted by atomic mass is 10.2. The van der Waals surface area contributed by atoms with Crippen molar-refractivity contribution in [2.75, 3.05) is 13.2 Å². The molecule has 0 saturated heterocycles. The number of aliphatic hydroxyl groups is 1. The average molecular weight is 224 g/mol. The van der Waals surface area contributed by atoms with Gasteiger partial charge < -0.3 is 15.2 Å². The number of nitrogens with one attached hydrogen (secondary N) is 1. The molecule has 90 valence electrons. The summed E-state index contributed by atoms with van der Waals surface area (Å²) in [7, 11) is 0. The minimum atomic E-state index is -0.817. The van der Waals surface area contributed by atoms with Crippen molar-refractivity contribution in [3.63, 3.8) is 0 Å². The van der Waals surface area contributed by atoms with Gasteiger partial charge in [0, 0.05) is 6.54 Å². The van der Waals surface area contributed by atoms with Gasteiger partial charge in [-0.3, -0.25) is 4.98 Å². The molecule has 0 aliphatic rings. The van der Waals surface area contributed by atoms with Crippen molar-refractivity contribution in [1.29, 1.82) is 0 Å². The van der Waals surface area contributed by atoms with Crippen molar-refractivity contribution in [3.05, 3.63) is 24.0 Å². The Morgan fingerprint density at radius 3 is 2.69 bits per heavy atom. The van der Waals surface area contributed by atoms with Gasteiger partial charge in [0.05, 0.1) is 17.5 Å². The Labute approximate surface area is 96.7 Å². The number of nitrogens with zero attached hydrogens (tertiary/aromatic N) is 1. The standard InChI is InChI=1S/C12H20N2O2/c1-4-13-7-10-5-6-11(8-14-10)16-9-12(2,3)15/h5-6,8,13,15H,4,7,9H2,1-3H3. The second kappa shape index (κ2) is 5.82.